The van der Waals surface area contributed by atoms with E-state index in [9.17, 15) is 29.4 Å². The number of carbonyl (C=O) groups is 4. The van der Waals surface area contributed by atoms with Gasteiger partial charge in [0, 0.05) is 6.54 Å². The number of aliphatic hydroxyl groups excluding tert-OH is 1. The van der Waals surface area contributed by atoms with Crippen molar-refractivity contribution in [1.82, 2.24) is 16.0 Å². The highest BCUT2D eigenvalue weighted by Crippen LogP contribution is 2.05. The largest absolute Gasteiger partial charge is 0.480 e. The quantitative estimate of drug-likeness (QED) is 0.0691. The molecule has 0 fully saturated rings. The third-order valence-electron chi connectivity index (χ3n) is 3.82. The van der Waals surface area contributed by atoms with Crippen LogP contribution < -0.4 is 33.2 Å². The van der Waals surface area contributed by atoms with Gasteiger partial charge in [0.15, 0.2) is 5.96 Å². The van der Waals surface area contributed by atoms with Gasteiger partial charge in [-0.05, 0) is 31.3 Å². The lowest BCUT2D eigenvalue weighted by molar-refractivity contribution is -0.142. The standard InChI is InChI=1S/C16H31N7O6S/c1-30-6-4-9(22-14(27)11(8-24)21-12(25)7-17)13(26)23-10(15(28)29)3-2-5-20-16(18)19/h9-11,24H,2-8,17H2,1H3,(H,21,25)(H,22,27)(H,23,26)(H,28,29)(H4,18,19,20). The monoisotopic (exact) mass is 449 g/mol. The Morgan fingerprint density at radius 3 is 2.10 bits per heavy atom. The number of amides is 3. The Labute approximate surface area is 178 Å². The zero-order valence-corrected chi connectivity index (χ0v) is 17.6. The predicted molar refractivity (Wildman–Crippen MR) is 112 cm³/mol. The van der Waals surface area contributed by atoms with Crippen LogP contribution >= 0.6 is 11.8 Å². The Hall–Kier alpha value is -2.58. The summed E-state index contributed by atoms with van der Waals surface area (Å²) in [5, 5.41) is 25.7. The molecular weight excluding hydrogens is 418 g/mol. The molecule has 13 nitrogen and oxygen atoms in total. The normalized spacial score (nSPS) is 13.4. The Balaban J connectivity index is 5.08. The van der Waals surface area contributed by atoms with Crippen LogP contribution in [0.2, 0.25) is 0 Å². The molecule has 3 unspecified atom stereocenters. The third-order valence-corrected chi connectivity index (χ3v) is 4.47. The molecule has 0 aliphatic carbocycles. The maximum absolute atomic E-state index is 12.6. The van der Waals surface area contributed by atoms with E-state index in [4.69, 9.17) is 17.2 Å². The van der Waals surface area contributed by atoms with Gasteiger partial charge in [-0.25, -0.2) is 4.79 Å². The van der Waals surface area contributed by atoms with Crippen LogP contribution in [-0.2, 0) is 19.2 Å². The van der Waals surface area contributed by atoms with E-state index in [-0.39, 0.29) is 31.9 Å². The van der Waals surface area contributed by atoms with Crippen LogP contribution in [0.5, 0.6) is 0 Å². The van der Waals surface area contributed by atoms with Crippen molar-refractivity contribution in [3.05, 3.63) is 0 Å². The number of carbonyl (C=O) groups excluding carboxylic acids is 3. The SMILES string of the molecule is CSCCC(NC(=O)C(CO)NC(=O)CN)C(=O)NC(CCCN=C(N)N)C(=O)O. The van der Waals surface area contributed by atoms with Crippen LogP contribution in [0.25, 0.3) is 0 Å². The summed E-state index contributed by atoms with van der Waals surface area (Å²) in [6, 6.07) is -3.56. The summed E-state index contributed by atoms with van der Waals surface area (Å²) < 4.78 is 0. The van der Waals surface area contributed by atoms with Crippen LogP contribution in [0.3, 0.4) is 0 Å². The van der Waals surface area contributed by atoms with Gasteiger partial charge in [-0.3, -0.25) is 19.4 Å². The van der Waals surface area contributed by atoms with Gasteiger partial charge in [-0.1, -0.05) is 0 Å². The van der Waals surface area contributed by atoms with Crippen molar-refractivity contribution in [2.45, 2.75) is 37.4 Å². The lowest BCUT2D eigenvalue weighted by atomic mass is 10.1. The number of thioether (sulfide) groups is 1. The molecule has 0 heterocycles. The fourth-order valence-corrected chi connectivity index (χ4v) is 2.73. The minimum atomic E-state index is -1.29. The van der Waals surface area contributed by atoms with Gasteiger partial charge in [0.1, 0.15) is 18.1 Å². The number of hydrogen-bond acceptors (Lipinski definition) is 8. The molecule has 11 N–H and O–H groups in total. The number of nitrogens with zero attached hydrogens (tertiary/aromatic N) is 1. The van der Waals surface area contributed by atoms with Gasteiger partial charge >= 0.3 is 5.97 Å². The molecule has 172 valence electrons. The minimum Gasteiger partial charge on any atom is -0.480 e. The number of hydrogen-bond donors (Lipinski definition) is 8. The van der Waals surface area contributed by atoms with Crippen molar-refractivity contribution in [2.24, 2.45) is 22.2 Å². The first-order valence-electron chi connectivity index (χ1n) is 9.14. The van der Waals surface area contributed by atoms with Crippen LogP contribution in [0.1, 0.15) is 19.3 Å². The number of aliphatic imine (C=N–C) groups is 1. The number of carboxylic acid groups (broad SMARTS) is 1. The van der Waals surface area contributed by atoms with Crippen molar-refractivity contribution in [3.63, 3.8) is 0 Å². The van der Waals surface area contributed by atoms with Crippen molar-refractivity contribution in [1.29, 1.82) is 0 Å². The Kier molecular flexibility index (Phi) is 14.0. The second kappa shape index (κ2) is 15.3. The summed E-state index contributed by atoms with van der Waals surface area (Å²) in [4.78, 5) is 51.5. The highest BCUT2D eigenvalue weighted by atomic mass is 32.2. The summed E-state index contributed by atoms with van der Waals surface area (Å²) in [6.45, 7) is -0.870. The minimum absolute atomic E-state index is 0.0763. The van der Waals surface area contributed by atoms with Crippen molar-refractivity contribution in [3.8, 4) is 0 Å². The molecule has 0 bridgehead atoms. The summed E-state index contributed by atoms with van der Waals surface area (Å²) in [7, 11) is 0. The van der Waals surface area contributed by atoms with Gasteiger partial charge < -0.3 is 43.4 Å². The van der Waals surface area contributed by atoms with Crippen molar-refractivity contribution in [2.75, 3.05) is 31.7 Å². The van der Waals surface area contributed by atoms with Gasteiger partial charge in [0.05, 0.1) is 13.2 Å². The van der Waals surface area contributed by atoms with Crippen molar-refractivity contribution < 1.29 is 29.4 Å². The topological polar surface area (TPSA) is 235 Å². The fraction of sp³-hybridized carbons (Fsp3) is 0.688. The number of aliphatic hydroxyl groups is 1. The van der Waals surface area contributed by atoms with Gasteiger partial charge in [-0.15, -0.1) is 0 Å². The number of rotatable bonds is 15. The predicted octanol–water partition coefficient (Wildman–Crippen LogP) is -3.72. The van der Waals surface area contributed by atoms with E-state index < -0.39 is 48.4 Å². The molecule has 0 spiro atoms. The van der Waals surface area contributed by atoms with Crippen LogP contribution in [0, 0.1) is 0 Å². The van der Waals surface area contributed by atoms with E-state index in [0.29, 0.717) is 12.2 Å². The molecule has 14 heteroatoms. The highest BCUT2D eigenvalue weighted by Gasteiger charge is 2.28. The molecule has 0 rings (SSSR count). The molecule has 0 saturated heterocycles. The summed E-state index contributed by atoms with van der Waals surface area (Å²) in [5.41, 5.74) is 15.6. The average molecular weight is 450 g/mol. The van der Waals surface area contributed by atoms with Crippen LogP contribution in [0.15, 0.2) is 4.99 Å². The summed E-state index contributed by atoms with van der Waals surface area (Å²) in [6.07, 6.45) is 2.40. The Morgan fingerprint density at radius 1 is 1.00 bits per heavy atom. The first-order valence-corrected chi connectivity index (χ1v) is 10.5. The molecule has 3 atom stereocenters. The van der Waals surface area contributed by atoms with Crippen LogP contribution in [-0.4, -0.2) is 89.7 Å². The van der Waals surface area contributed by atoms with E-state index in [2.05, 4.69) is 20.9 Å². The number of aliphatic carboxylic acids is 1. The highest BCUT2D eigenvalue weighted by molar-refractivity contribution is 7.98. The maximum Gasteiger partial charge on any atom is 0.326 e. The smallest absolute Gasteiger partial charge is 0.326 e. The number of nitrogens with two attached hydrogens (primary N) is 3. The molecule has 3 amide bonds. The molecule has 0 aromatic rings. The summed E-state index contributed by atoms with van der Waals surface area (Å²) in [5.74, 6) is -3.01. The summed E-state index contributed by atoms with van der Waals surface area (Å²) >= 11 is 1.43. The van der Waals surface area contributed by atoms with E-state index in [1.54, 1.807) is 6.26 Å². The first-order chi connectivity index (χ1) is 14.2. The average Bonchev–Trinajstić information content (AvgIpc) is 2.70. The molecule has 0 aliphatic rings. The van der Waals surface area contributed by atoms with E-state index in [1.165, 1.54) is 11.8 Å². The van der Waals surface area contributed by atoms with Crippen LogP contribution in [0.4, 0.5) is 0 Å². The molecule has 0 radical (unpaired) electrons. The molecular formula is C16H31N7O6S. The van der Waals surface area contributed by atoms with Crippen molar-refractivity contribution >= 4 is 41.4 Å². The molecule has 0 saturated carbocycles. The molecule has 0 aromatic carbocycles. The Morgan fingerprint density at radius 2 is 1.60 bits per heavy atom. The first kappa shape index (κ1) is 27.4. The molecule has 0 aromatic heterocycles. The lowest BCUT2D eigenvalue weighted by Crippen LogP contribution is -2.57. The second-order valence-corrected chi connectivity index (χ2v) is 7.18. The zero-order valence-electron chi connectivity index (χ0n) is 16.8. The fourth-order valence-electron chi connectivity index (χ4n) is 2.26. The van der Waals surface area contributed by atoms with Gasteiger partial charge in [-0.2, -0.15) is 11.8 Å². The van der Waals surface area contributed by atoms with E-state index in [1.807, 2.05) is 0 Å². The Bertz CT molecular complexity index is 615. The molecule has 30 heavy (non-hydrogen) atoms. The van der Waals surface area contributed by atoms with E-state index >= 15 is 0 Å². The van der Waals surface area contributed by atoms with E-state index in [0.717, 1.165) is 0 Å². The molecule has 0 aliphatic heterocycles. The van der Waals surface area contributed by atoms with Gasteiger partial charge in [0.25, 0.3) is 0 Å². The number of guanidine groups is 1. The second-order valence-electron chi connectivity index (χ2n) is 6.20. The number of carboxylic acids is 1. The third kappa shape index (κ3) is 11.4. The van der Waals surface area contributed by atoms with Gasteiger partial charge in [0.2, 0.25) is 17.7 Å². The number of nitrogens with one attached hydrogen (secondary N) is 3. The lowest BCUT2D eigenvalue weighted by Gasteiger charge is -2.23. The zero-order chi connectivity index (χ0) is 23.1. The maximum atomic E-state index is 12.6.